The van der Waals surface area contributed by atoms with Crippen LogP contribution >= 0.6 is 0 Å². The zero-order valence-corrected chi connectivity index (χ0v) is 13.2. The van der Waals surface area contributed by atoms with E-state index in [9.17, 15) is 0 Å². The summed E-state index contributed by atoms with van der Waals surface area (Å²) in [6, 6.07) is 0. The molecule has 0 amide bonds. The van der Waals surface area contributed by atoms with Crippen molar-refractivity contribution in [2.45, 2.75) is 26.7 Å². The molecule has 0 aromatic carbocycles. The van der Waals surface area contributed by atoms with Gasteiger partial charge in [0.1, 0.15) is 0 Å². The SMILES string of the molecule is C=C/C=C\C1=C(C)CCC(/C(N)=C(\C=C/C)C(=C)C=C)=C1. The summed E-state index contributed by atoms with van der Waals surface area (Å²) in [5, 5.41) is 0. The lowest BCUT2D eigenvalue weighted by Gasteiger charge is -2.19. The van der Waals surface area contributed by atoms with Crippen LogP contribution in [0.3, 0.4) is 0 Å². The maximum Gasteiger partial charge on any atom is 0.0426 e. The highest BCUT2D eigenvalue weighted by Crippen LogP contribution is 2.30. The number of nitrogens with two attached hydrogens (primary N) is 1. The van der Waals surface area contributed by atoms with Crippen molar-refractivity contribution in [2.24, 2.45) is 5.73 Å². The van der Waals surface area contributed by atoms with E-state index in [1.54, 1.807) is 12.2 Å². The van der Waals surface area contributed by atoms with Gasteiger partial charge in [0.05, 0.1) is 0 Å². The molecule has 0 atom stereocenters. The second-order valence-electron chi connectivity index (χ2n) is 5.06. The van der Waals surface area contributed by atoms with Crippen LogP contribution in [-0.2, 0) is 0 Å². The number of hydrogen-bond acceptors (Lipinski definition) is 1. The largest absolute Gasteiger partial charge is 0.398 e. The van der Waals surface area contributed by atoms with E-state index in [-0.39, 0.29) is 0 Å². The van der Waals surface area contributed by atoms with Crippen molar-refractivity contribution in [3.63, 3.8) is 0 Å². The predicted molar refractivity (Wildman–Crippen MR) is 94.7 cm³/mol. The van der Waals surface area contributed by atoms with Crippen LogP contribution < -0.4 is 5.73 Å². The van der Waals surface area contributed by atoms with E-state index < -0.39 is 0 Å². The minimum Gasteiger partial charge on any atom is -0.398 e. The average molecular weight is 279 g/mol. The highest BCUT2D eigenvalue weighted by atomic mass is 14.6. The molecule has 1 aliphatic rings. The van der Waals surface area contributed by atoms with Crippen LogP contribution in [0.1, 0.15) is 26.7 Å². The van der Waals surface area contributed by atoms with Crippen molar-refractivity contribution >= 4 is 0 Å². The predicted octanol–water partition coefficient (Wildman–Crippen LogP) is 5.30. The second-order valence-corrected chi connectivity index (χ2v) is 5.06. The minimum atomic E-state index is 0.787. The first kappa shape index (κ1) is 16.8. The molecular formula is C20H25N. The molecule has 0 heterocycles. The van der Waals surface area contributed by atoms with Gasteiger partial charge in [0, 0.05) is 11.3 Å². The summed E-state index contributed by atoms with van der Waals surface area (Å²) in [5.74, 6) is 0. The fourth-order valence-electron chi connectivity index (χ4n) is 2.24. The number of rotatable bonds is 6. The molecule has 1 nitrogen and oxygen atoms in total. The maximum atomic E-state index is 6.38. The Morgan fingerprint density at radius 2 is 2.00 bits per heavy atom. The Kier molecular flexibility index (Phi) is 6.48. The van der Waals surface area contributed by atoms with Gasteiger partial charge >= 0.3 is 0 Å². The van der Waals surface area contributed by atoms with Gasteiger partial charge in [-0.05, 0) is 49.5 Å². The Morgan fingerprint density at radius 3 is 2.57 bits per heavy atom. The van der Waals surface area contributed by atoms with E-state index in [0.717, 1.165) is 35.3 Å². The molecule has 0 saturated heterocycles. The molecule has 1 aliphatic carbocycles. The summed E-state index contributed by atoms with van der Waals surface area (Å²) >= 11 is 0. The van der Waals surface area contributed by atoms with Crippen LogP contribution in [0.5, 0.6) is 0 Å². The molecule has 0 bridgehead atoms. The number of hydrogen-bond donors (Lipinski definition) is 1. The van der Waals surface area contributed by atoms with Crippen LogP contribution in [0.15, 0.2) is 95.8 Å². The smallest absolute Gasteiger partial charge is 0.0426 e. The van der Waals surface area contributed by atoms with Gasteiger partial charge in [-0.3, -0.25) is 0 Å². The first-order valence-electron chi connectivity index (χ1n) is 7.19. The Hall–Kier alpha value is -2.28. The van der Waals surface area contributed by atoms with E-state index in [1.807, 2.05) is 25.2 Å². The van der Waals surface area contributed by atoms with Crippen LogP contribution in [0.4, 0.5) is 0 Å². The molecule has 2 N–H and O–H groups in total. The lowest BCUT2D eigenvalue weighted by atomic mass is 9.89. The lowest BCUT2D eigenvalue weighted by molar-refractivity contribution is 0.894. The van der Waals surface area contributed by atoms with Gasteiger partial charge in [0.25, 0.3) is 0 Å². The molecule has 0 aliphatic heterocycles. The average Bonchev–Trinajstić information content (AvgIpc) is 2.50. The van der Waals surface area contributed by atoms with E-state index in [2.05, 4.69) is 38.8 Å². The topological polar surface area (TPSA) is 26.0 Å². The normalized spacial score (nSPS) is 17.0. The van der Waals surface area contributed by atoms with Crippen LogP contribution in [0, 0.1) is 0 Å². The van der Waals surface area contributed by atoms with E-state index in [1.165, 1.54) is 11.1 Å². The quantitative estimate of drug-likeness (QED) is 0.656. The Balaban J connectivity index is 3.30. The molecule has 1 rings (SSSR count). The second kappa shape index (κ2) is 8.11. The Morgan fingerprint density at radius 1 is 1.29 bits per heavy atom. The molecule has 0 fully saturated rings. The van der Waals surface area contributed by atoms with Gasteiger partial charge in [-0.1, -0.05) is 61.8 Å². The fourth-order valence-corrected chi connectivity index (χ4v) is 2.24. The summed E-state index contributed by atoms with van der Waals surface area (Å²) in [7, 11) is 0. The molecule has 0 spiro atoms. The highest BCUT2D eigenvalue weighted by Gasteiger charge is 2.13. The lowest BCUT2D eigenvalue weighted by Crippen LogP contribution is -2.09. The van der Waals surface area contributed by atoms with Crippen molar-refractivity contribution in [3.05, 3.63) is 95.8 Å². The minimum absolute atomic E-state index is 0.787. The first-order chi connectivity index (χ1) is 10.0. The van der Waals surface area contributed by atoms with Crippen LogP contribution in [-0.4, -0.2) is 0 Å². The van der Waals surface area contributed by atoms with Crippen molar-refractivity contribution in [3.8, 4) is 0 Å². The van der Waals surface area contributed by atoms with Gasteiger partial charge in [0.2, 0.25) is 0 Å². The molecule has 110 valence electrons. The Labute approximate surface area is 128 Å². The third kappa shape index (κ3) is 4.35. The molecule has 0 unspecified atom stereocenters. The van der Waals surface area contributed by atoms with Crippen molar-refractivity contribution in [1.29, 1.82) is 0 Å². The van der Waals surface area contributed by atoms with Crippen LogP contribution in [0.2, 0.25) is 0 Å². The zero-order valence-electron chi connectivity index (χ0n) is 13.2. The van der Waals surface area contributed by atoms with E-state index in [4.69, 9.17) is 5.73 Å². The monoisotopic (exact) mass is 279 g/mol. The van der Waals surface area contributed by atoms with Gasteiger partial charge in [-0.2, -0.15) is 0 Å². The zero-order chi connectivity index (χ0) is 15.8. The summed E-state index contributed by atoms with van der Waals surface area (Å²) < 4.78 is 0. The first-order valence-corrected chi connectivity index (χ1v) is 7.19. The fraction of sp³-hybridized carbons (Fsp3) is 0.200. The molecule has 21 heavy (non-hydrogen) atoms. The third-order valence-electron chi connectivity index (χ3n) is 3.57. The molecule has 0 aromatic heterocycles. The van der Waals surface area contributed by atoms with Crippen molar-refractivity contribution in [2.75, 3.05) is 0 Å². The van der Waals surface area contributed by atoms with E-state index >= 15 is 0 Å². The maximum absolute atomic E-state index is 6.38. The summed E-state index contributed by atoms with van der Waals surface area (Å²) in [5.41, 5.74) is 12.7. The Bertz CT molecular complexity index is 589. The van der Waals surface area contributed by atoms with Crippen molar-refractivity contribution in [1.82, 2.24) is 0 Å². The molecule has 0 radical (unpaired) electrons. The standard InChI is InChI=1S/C20H25N/c1-6-9-11-17-14-18(13-12-16(17)5)20(21)19(10-7-2)15(4)8-3/h6-11,14H,1,3-4,12-13,21H2,2,5H3/b10-7-,11-9-,20-19-. The molecule has 0 aromatic rings. The highest BCUT2D eigenvalue weighted by molar-refractivity contribution is 5.55. The van der Waals surface area contributed by atoms with E-state index in [0.29, 0.717) is 0 Å². The van der Waals surface area contributed by atoms with Crippen LogP contribution in [0.25, 0.3) is 0 Å². The molecule has 0 saturated carbocycles. The van der Waals surface area contributed by atoms with Gasteiger partial charge in [0.15, 0.2) is 0 Å². The summed E-state index contributed by atoms with van der Waals surface area (Å²) in [6.45, 7) is 15.6. The van der Waals surface area contributed by atoms with Gasteiger partial charge in [-0.25, -0.2) is 0 Å². The van der Waals surface area contributed by atoms with Crippen molar-refractivity contribution < 1.29 is 0 Å². The number of allylic oxidation sites excluding steroid dienone is 12. The van der Waals surface area contributed by atoms with Gasteiger partial charge in [-0.15, -0.1) is 0 Å². The third-order valence-corrected chi connectivity index (χ3v) is 3.57. The summed E-state index contributed by atoms with van der Waals surface area (Å²) in [4.78, 5) is 0. The van der Waals surface area contributed by atoms with Gasteiger partial charge < -0.3 is 5.73 Å². The summed E-state index contributed by atoms with van der Waals surface area (Å²) in [6.07, 6.45) is 15.7. The molecule has 1 heteroatoms. The molecular weight excluding hydrogens is 254 g/mol.